The van der Waals surface area contributed by atoms with E-state index in [0.717, 1.165) is 14.8 Å². The number of aromatic nitrogens is 3. The highest BCUT2D eigenvalue weighted by Gasteiger charge is 2.16. The number of carbonyl (C=O) groups excluding carboxylic acids is 1. The van der Waals surface area contributed by atoms with Crippen LogP contribution in [-0.2, 0) is 11.3 Å². The fourth-order valence-corrected chi connectivity index (χ4v) is 2.91. The Bertz CT molecular complexity index is 1170. The summed E-state index contributed by atoms with van der Waals surface area (Å²) in [6.07, 6.45) is 0. The normalized spacial score (nSPS) is 10.6. The first kappa shape index (κ1) is 20.3. The molecule has 8 nitrogen and oxygen atoms in total. The molecular formula is C20H20ClN5O3. The molecule has 0 atom stereocenters. The van der Waals surface area contributed by atoms with E-state index in [2.05, 4.69) is 10.4 Å². The van der Waals surface area contributed by atoms with Crippen LogP contribution in [0.5, 0.6) is 0 Å². The summed E-state index contributed by atoms with van der Waals surface area (Å²) in [4.78, 5) is 38.9. The minimum Gasteiger partial charge on any atom is -0.357 e. The van der Waals surface area contributed by atoms with Crippen molar-refractivity contribution in [1.29, 1.82) is 0 Å². The van der Waals surface area contributed by atoms with Crippen LogP contribution in [0.15, 0.2) is 58.1 Å². The van der Waals surface area contributed by atoms with Crippen LogP contribution in [0.25, 0.3) is 5.69 Å². The van der Waals surface area contributed by atoms with Gasteiger partial charge in [-0.2, -0.15) is 4.68 Å². The minimum atomic E-state index is -0.587. The number of benzene rings is 2. The Morgan fingerprint density at radius 3 is 2.45 bits per heavy atom. The van der Waals surface area contributed by atoms with Crippen molar-refractivity contribution in [2.45, 2.75) is 13.5 Å². The molecule has 0 radical (unpaired) electrons. The molecule has 0 spiro atoms. The van der Waals surface area contributed by atoms with Crippen molar-refractivity contribution in [2.75, 3.05) is 24.3 Å². The number of nitrogens with zero attached hydrogens (tertiary/aromatic N) is 4. The van der Waals surface area contributed by atoms with Crippen LogP contribution in [0.2, 0.25) is 5.02 Å². The zero-order valence-electron chi connectivity index (χ0n) is 16.2. The number of rotatable bonds is 5. The van der Waals surface area contributed by atoms with E-state index in [0.29, 0.717) is 16.4 Å². The minimum absolute atomic E-state index is 0.0730. The van der Waals surface area contributed by atoms with Gasteiger partial charge in [0.2, 0.25) is 11.7 Å². The third-order valence-electron chi connectivity index (χ3n) is 4.13. The molecule has 0 aliphatic rings. The predicted molar refractivity (Wildman–Crippen MR) is 113 cm³/mol. The highest BCUT2D eigenvalue weighted by atomic mass is 35.5. The number of carbonyl (C=O) groups is 1. The zero-order chi connectivity index (χ0) is 21.1. The van der Waals surface area contributed by atoms with Crippen molar-refractivity contribution in [3.63, 3.8) is 0 Å². The smallest absolute Gasteiger partial charge is 0.352 e. The van der Waals surface area contributed by atoms with E-state index in [1.165, 1.54) is 6.92 Å². The van der Waals surface area contributed by atoms with Gasteiger partial charge in [-0.25, -0.2) is 4.79 Å². The van der Waals surface area contributed by atoms with Gasteiger partial charge in [-0.05, 0) is 35.9 Å². The summed E-state index contributed by atoms with van der Waals surface area (Å²) in [6, 6.07) is 13.6. The Hall–Kier alpha value is -3.39. The van der Waals surface area contributed by atoms with E-state index in [1.807, 2.05) is 0 Å². The number of halogens is 1. The second kappa shape index (κ2) is 8.32. The molecule has 29 heavy (non-hydrogen) atoms. The van der Waals surface area contributed by atoms with Gasteiger partial charge >= 0.3 is 5.69 Å². The monoisotopic (exact) mass is 413 g/mol. The summed E-state index contributed by atoms with van der Waals surface area (Å²) >= 11 is 5.92. The summed E-state index contributed by atoms with van der Waals surface area (Å²) in [5.41, 5.74) is 0.613. The van der Waals surface area contributed by atoms with Crippen molar-refractivity contribution in [2.24, 2.45) is 0 Å². The van der Waals surface area contributed by atoms with E-state index in [1.54, 1.807) is 67.5 Å². The van der Waals surface area contributed by atoms with Crippen LogP contribution in [0.4, 0.5) is 11.5 Å². The summed E-state index contributed by atoms with van der Waals surface area (Å²) in [5.74, 6) is -0.118. The molecule has 0 unspecified atom stereocenters. The molecule has 0 bridgehead atoms. The molecule has 0 saturated heterocycles. The molecule has 0 aliphatic heterocycles. The number of amides is 1. The molecule has 150 valence electrons. The van der Waals surface area contributed by atoms with Crippen LogP contribution in [0.1, 0.15) is 12.5 Å². The molecule has 2 aromatic carbocycles. The van der Waals surface area contributed by atoms with Crippen LogP contribution in [0, 0.1) is 0 Å². The third-order valence-corrected chi connectivity index (χ3v) is 4.38. The second-order valence-electron chi connectivity index (χ2n) is 6.66. The van der Waals surface area contributed by atoms with Crippen molar-refractivity contribution in [3.8, 4) is 5.69 Å². The van der Waals surface area contributed by atoms with Gasteiger partial charge in [-0.1, -0.05) is 29.8 Å². The predicted octanol–water partition coefficient (Wildman–Crippen LogP) is 2.12. The summed E-state index contributed by atoms with van der Waals surface area (Å²) < 4.78 is 2.27. The number of nitrogens with one attached hydrogen (secondary N) is 1. The summed E-state index contributed by atoms with van der Waals surface area (Å²) in [7, 11) is 3.36. The fourth-order valence-electron chi connectivity index (χ4n) is 2.78. The lowest BCUT2D eigenvalue weighted by atomic mass is 10.2. The lowest BCUT2D eigenvalue weighted by molar-refractivity contribution is -0.114. The Morgan fingerprint density at radius 2 is 1.83 bits per heavy atom. The lowest BCUT2D eigenvalue weighted by Gasteiger charge is -2.16. The standard InChI is InChI=1S/C20H20ClN5O3/c1-13(27)22-16-5-4-6-17(11-16)26-20(29)25(19(28)18(23-26)24(2)3)12-14-7-9-15(21)10-8-14/h4-11H,12H2,1-3H3,(H,22,27). The van der Waals surface area contributed by atoms with Crippen molar-refractivity contribution in [1.82, 2.24) is 14.3 Å². The third kappa shape index (κ3) is 4.55. The molecule has 0 saturated carbocycles. The van der Waals surface area contributed by atoms with Crippen molar-refractivity contribution < 1.29 is 4.79 Å². The highest BCUT2D eigenvalue weighted by molar-refractivity contribution is 6.30. The first-order valence-corrected chi connectivity index (χ1v) is 9.18. The van der Waals surface area contributed by atoms with E-state index in [-0.39, 0.29) is 18.3 Å². The van der Waals surface area contributed by atoms with E-state index in [4.69, 9.17) is 11.6 Å². The van der Waals surface area contributed by atoms with Gasteiger partial charge in [-0.3, -0.25) is 14.2 Å². The molecule has 1 heterocycles. The molecule has 1 amide bonds. The van der Waals surface area contributed by atoms with Gasteiger partial charge in [0, 0.05) is 31.7 Å². The molecule has 3 aromatic rings. The van der Waals surface area contributed by atoms with Gasteiger partial charge in [0.05, 0.1) is 12.2 Å². The first-order valence-electron chi connectivity index (χ1n) is 8.80. The second-order valence-corrected chi connectivity index (χ2v) is 7.10. The molecule has 0 fully saturated rings. The quantitative estimate of drug-likeness (QED) is 0.692. The van der Waals surface area contributed by atoms with Crippen molar-refractivity contribution >= 4 is 29.0 Å². The Labute approximate surface area is 172 Å². The van der Waals surface area contributed by atoms with E-state index in [9.17, 15) is 14.4 Å². The fraction of sp³-hybridized carbons (Fsp3) is 0.200. The first-order chi connectivity index (χ1) is 13.8. The van der Waals surface area contributed by atoms with Gasteiger partial charge in [-0.15, -0.1) is 5.10 Å². The average molecular weight is 414 g/mol. The zero-order valence-corrected chi connectivity index (χ0v) is 17.0. The number of hydrogen-bond donors (Lipinski definition) is 1. The summed E-state index contributed by atoms with van der Waals surface area (Å²) in [6.45, 7) is 1.47. The molecule has 0 aliphatic carbocycles. The van der Waals surface area contributed by atoms with Crippen LogP contribution >= 0.6 is 11.6 Å². The van der Waals surface area contributed by atoms with E-state index < -0.39 is 11.2 Å². The van der Waals surface area contributed by atoms with Crippen LogP contribution < -0.4 is 21.5 Å². The maximum atomic E-state index is 13.1. The average Bonchev–Trinajstić information content (AvgIpc) is 2.66. The van der Waals surface area contributed by atoms with Crippen LogP contribution in [0.3, 0.4) is 0 Å². The van der Waals surface area contributed by atoms with Gasteiger partial charge < -0.3 is 10.2 Å². The molecule has 9 heteroatoms. The molecule has 3 rings (SSSR count). The highest BCUT2D eigenvalue weighted by Crippen LogP contribution is 2.14. The summed E-state index contributed by atoms with van der Waals surface area (Å²) in [5, 5.41) is 7.48. The van der Waals surface area contributed by atoms with Crippen LogP contribution in [-0.4, -0.2) is 34.4 Å². The molecule has 1 N–H and O–H groups in total. The number of anilines is 2. The van der Waals surface area contributed by atoms with Gasteiger partial charge in [0.25, 0.3) is 5.56 Å². The van der Waals surface area contributed by atoms with E-state index >= 15 is 0 Å². The van der Waals surface area contributed by atoms with Gasteiger partial charge in [0.1, 0.15) is 0 Å². The molecular weight excluding hydrogens is 394 g/mol. The Balaban J connectivity index is 2.17. The number of hydrogen-bond acceptors (Lipinski definition) is 5. The topological polar surface area (TPSA) is 89.2 Å². The largest absolute Gasteiger partial charge is 0.357 e. The SMILES string of the molecule is CC(=O)Nc1cccc(-n2nc(N(C)C)c(=O)n(Cc3ccc(Cl)cc3)c2=O)c1. The van der Waals surface area contributed by atoms with Gasteiger partial charge in [0.15, 0.2) is 0 Å². The maximum Gasteiger partial charge on any atom is 0.352 e. The van der Waals surface area contributed by atoms with Crippen molar-refractivity contribution in [3.05, 3.63) is 80.0 Å². The Morgan fingerprint density at radius 1 is 1.14 bits per heavy atom. The molecule has 1 aromatic heterocycles. The lowest BCUT2D eigenvalue weighted by Crippen LogP contribution is -2.43. The maximum absolute atomic E-state index is 13.1. The Kier molecular flexibility index (Phi) is 5.84.